The molecule has 3 rings (SSSR count). The van der Waals surface area contributed by atoms with Crippen LogP contribution in [0.1, 0.15) is 18.5 Å². The third kappa shape index (κ3) is 2.66. The average molecular weight is 323 g/mol. The van der Waals surface area contributed by atoms with E-state index < -0.39 is 5.82 Å². The highest BCUT2D eigenvalue weighted by molar-refractivity contribution is 7.16. The molecule has 0 saturated carbocycles. The van der Waals surface area contributed by atoms with Crippen molar-refractivity contribution in [2.24, 2.45) is 0 Å². The van der Waals surface area contributed by atoms with Crippen LogP contribution in [0.15, 0.2) is 35.8 Å². The van der Waals surface area contributed by atoms with E-state index in [1.165, 1.54) is 17.4 Å². The lowest BCUT2D eigenvalue weighted by atomic mass is 10.1. The Morgan fingerprint density at radius 1 is 1.33 bits per heavy atom. The van der Waals surface area contributed by atoms with E-state index in [1.807, 2.05) is 13.0 Å². The van der Waals surface area contributed by atoms with Gasteiger partial charge in [0.15, 0.2) is 0 Å². The predicted molar refractivity (Wildman–Crippen MR) is 84.7 cm³/mol. The van der Waals surface area contributed by atoms with Gasteiger partial charge >= 0.3 is 0 Å². The molecule has 0 amide bonds. The molecule has 0 radical (unpaired) electrons. The summed E-state index contributed by atoms with van der Waals surface area (Å²) in [5.74, 6) is -0.556. The van der Waals surface area contributed by atoms with Gasteiger partial charge < -0.3 is 10.4 Å². The van der Waals surface area contributed by atoms with Crippen molar-refractivity contribution in [2.45, 2.75) is 13.0 Å². The third-order valence-electron chi connectivity index (χ3n) is 3.26. The summed E-state index contributed by atoms with van der Waals surface area (Å²) in [5.41, 5.74) is 3.67. The highest BCUT2D eigenvalue weighted by Gasteiger charge is 2.15. The molecule has 0 aliphatic heterocycles. The van der Waals surface area contributed by atoms with Crippen LogP contribution < -0.4 is 5.32 Å². The fourth-order valence-electron chi connectivity index (χ4n) is 2.21. The monoisotopic (exact) mass is 322 g/mol. The summed E-state index contributed by atoms with van der Waals surface area (Å²) in [7, 11) is 0. The molecule has 0 fully saturated rings. The number of halogens is 2. The fraction of sp³-hybridized carbons (Fsp3) is 0.133. The molecule has 0 aliphatic rings. The number of aromatic nitrogens is 1. The first-order valence-corrected chi connectivity index (χ1v) is 7.58. The molecular formula is C15H12ClFN2OS. The lowest BCUT2D eigenvalue weighted by Crippen LogP contribution is -2.09. The Hall–Kier alpha value is -1.85. The van der Waals surface area contributed by atoms with Crippen LogP contribution in [-0.4, -0.2) is 10.1 Å². The van der Waals surface area contributed by atoms with Gasteiger partial charge in [-0.25, -0.2) is 9.37 Å². The second kappa shape index (κ2) is 5.50. The van der Waals surface area contributed by atoms with Gasteiger partial charge in [-0.15, -0.1) is 11.3 Å². The second-order valence-electron chi connectivity index (χ2n) is 4.69. The number of hydrogen-bond acceptors (Lipinski definition) is 4. The molecule has 3 nitrogen and oxygen atoms in total. The molecule has 2 aromatic carbocycles. The van der Waals surface area contributed by atoms with Crippen LogP contribution in [0.25, 0.3) is 10.2 Å². The fourth-order valence-corrected chi connectivity index (χ4v) is 3.10. The summed E-state index contributed by atoms with van der Waals surface area (Å²) in [6.45, 7) is 1.83. The normalized spacial score (nSPS) is 12.5. The zero-order valence-electron chi connectivity index (χ0n) is 11.1. The lowest BCUT2D eigenvalue weighted by Gasteiger charge is -2.18. The minimum atomic E-state index is -0.462. The van der Waals surface area contributed by atoms with Crippen LogP contribution in [0, 0.1) is 5.82 Å². The minimum Gasteiger partial charge on any atom is -0.508 e. The van der Waals surface area contributed by atoms with Crippen molar-refractivity contribution in [3.05, 3.63) is 52.2 Å². The van der Waals surface area contributed by atoms with Crippen molar-refractivity contribution in [2.75, 3.05) is 5.32 Å². The van der Waals surface area contributed by atoms with Crippen molar-refractivity contribution in [1.29, 1.82) is 0 Å². The SMILES string of the molecule is CC(Nc1c(Cl)ccc2scnc12)c1ccc(O)cc1F. The van der Waals surface area contributed by atoms with Crippen LogP contribution >= 0.6 is 22.9 Å². The standard InChI is InChI=1S/C15H12ClFN2OS/c1-8(10-3-2-9(20)6-12(10)17)19-14-11(16)4-5-13-15(14)18-7-21-13/h2-8,19-20H,1H3. The van der Waals surface area contributed by atoms with E-state index in [0.717, 1.165) is 16.3 Å². The first-order chi connectivity index (χ1) is 10.1. The first kappa shape index (κ1) is 14.1. The first-order valence-electron chi connectivity index (χ1n) is 6.33. The molecule has 108 valence electrons. The van der Waals surface area contributed by atoms with Crippen molar-refractivity contribution in [3.63, 3.8) is 0 Å². The van der Waals surface area contributed by atoms with E-state index in [9.17, 15) is 9.50 Å². The van der Waals surface area contributed by atoms with E-state index in [4.69, 9.17) is 11.6 Å². The molecule has 2 N–H and O–H groups in total. The number of thiazole rings is 1. The largest absolute Gasteiger partial charge is 0.508 e. The Labute approximate surface area is 130 Å². The third-order valence-corrected chi connectivity index (χ3v) is 4.37. The van der Waals surface area contributed by atoms with E-state index in [1.54, 1.807) is 17.6 Å². The molecule has 21 heavy (non-hydrogen) atoms. The Morgan fingerprint density at radius 3 is 2.90 bits per heavy atom. The summed E-state index contributed by atoms with van der Waals surface area (Å²) < 4.78 is 14.9. The molecule has 0 aliphatic carbocycles. The number of nitrogens with one attached hydrogen (secondary N) is 1. The molecule has 1 heterocycles. The Balaban J connectivity index is 1.98. The van der Waals surface area contributed by atoms with E-state index >= 15 is 0 Å². The summed E-state index contributed by atoms with van der Waals surface area (Å²) in [5, 5.41) is 13.0. The lowest BCUT2D eigenvalue weighted by molar-refractivity contribution is 0.467. The minimum absolute atomic E-state index is 0.0944. The number of benzene rings is 2. The second-order valence-corrected chi connectivity index (χ2v) is 5.99. The smallest absolute Gasteiger partial charge is 0.132 e. The van der Waals surface area contributed by atoms with Crippen LogP contribution in [0.3, 0.4) is 0 Å². The number of phenolic OH excluding ortho intramolecular Hbond substituents is 1. The number of phenols is 1. The van der Waals surface area contributed by atoms with Crippen molar-refractivity contribution in [3.8, 4) is 5.75 Å². The van der Waals surface area contributed by atoms with Gasteiger partial charge in [-0.05, 0) is 25.1 Å². The van der Waals surface area contributed by atoms with Gasteiger partial charge in [0.1, 0.15) is 17.1 Å². The highest BCUT2D eigenvalue weighted by Crippen LogP contribution is 2.35. The quantitative estimate of drug-likeness (QED) is 0.715. The molecule has 1 atom stereocenters. The number of aromatic hydroxyl groups is 1. The van der Waals surface area contributed by atoms with E-state index in [2.05, 4.69) is 10.3 Å². The Bertz CT molecular complexity index is 805. The predicted octanol–water partition coefficient (Wildman–Crippen LogP) is 4.97. The Morgan fingerprint density at radius 2 is 2.14 bits per heavy atom. The van der Waals surface area contributed by atoms with Crippen molar-refractivity contribution >= 4 is 38.8 Å². The number of fused-ring (bicyclic) bond motifs is 1. The molecule has 3 aromatic rings. The van der Waals surface area contributed by atoms with Gasteiger partial charge in [-0.1, -0.05) is 17.7 Å². The van der Waals surface area contributed by atoms with Crippen LogP contribution in [0.5, 0.6) is 5.75 Å². The van der Waals surface area contributed by atoms with Gasteiger partial charge in [0.2, 0.25) is 0 Å². The van der Waals surface area contributed by atoms with Crippen LogP contribution in [0.4, 0.5) is 10.1 Å². The molecular weight excluding hydrogens is 311 g/mol. The summed E-state index contributed by atoms with van der Waals surface area (Å²) in [6, 6.07) is 7.50. The number of hydrogen-bond donors (Lipinski definition) is 2. The maximum Gasteiger partial charge on any atom is 0.132 e. The average Bonchev–Trinajstić information content (AvgIpc) is 2.90. The summed E-state index contributed by atoms with van der Waals surface area (Å²) in [6.07, 6.45) is 0. The van der Waals surface area contributed by atoms with E-state index in [0.29, 0.717) is 16.3 Å². The highest BCUT2D eigenvalue weighted by atomic mass is 35.5. The summed E-state index contributed by atoms with van der Waals surface area (Å²) in [4.78, 5) is 4.30. The van der Waals surface area contributed by atoms with Gasteiger partial charge in [0.05, 0.1) is 27.0 Å². The zero-order valence-corrected chi connectivity index (χ0v) is 12.7. The van der Waals surface area contributed by atoms with Gasteiger partial charge in [-0.3, -0.25) is 0 Å². The van der Waals surface area contributed by atoms with Crippen LogP contribution in [-0.2, 0) is 0 Å². The number of anilines is 1. The molecule has 0 spiro atoms. The molecule has 0 saturated heterocycles. The number of nitrogens with zero attached hydrogens (tertiary/aromatic N) is 1. The van der Waals surface area contributed by atoms with Gasteiger partial charge in [0, 0.05) is 11.6 Å². The molecule has 0 bridgehead atoms. The molecule has 1 unspecified atom stereocenters. The number of rotatable bonds is 3. The van der Waals surface area contributed by atoms with E-state index in [-0.39, 0.29) is 11.8 Å². The molecule has 6 heteroatoms. The maximum atomic E-state index is 13.9. The maximum absolute atomic E-state index is 13.9. The van der Waals surface area contributed by atoms with Crippen molar-refractivity contribution in [1.82, 2.24) is 4.98 Å². The van der Waals surface area contributed by atoms with Gasteiger partial charge in [-0.2, -0.15) is 0 Å². The van der Waals surface area contributed by atoms with Gasteiger partial charge in [0.25, 0.3) is 0 Å². The Kier molecular flexibility index (Phi) is 3.69. The molecule has 1 aromatic heterocycles. The zero-order chi connectivity index (χ0) is 15.0. The topological polar surface area (TPSA) is 45.2 Å². The summed E-state index contributed by atoms with van der Waals surface area (Å²) >= 11 is 7.75. The van der Waals surface area contributed by atoms with Crippen LogP contribution in [0.2, 0.25) is 5.02 Å². The van der Waals surface area contributed by atoms with Crippen molar-refractivity contribution < 1.29 is 9.50 Å².